The fourth-order valence-corrected chi connectivity index (χ4v) is 7.39. The van der Waals surface area contributed by atoms with E-state index in [1.54, 1.807) is 10.8 Å². The molecule has 0 saturated carbocycles. The first kappa shape index (κ1) is 8.22. The molecule has 0 saturated heterocycles. The van der Waals surface area contributed by atoms with Crippen LogP contribution in [0.25, 0.3) is 0 Å². The van der Waals surface area contributed by atoms with Crippen molar-refractivity contribution in [3.8, 4) is 0 Å². The number of hydrogen-bond donors (Lipinski definition) is 0. The molecule has 2 nitrogen and oxygen atoms in total. The van der Waals surface area contributed by atoms with Crippen molar-refractivity contribution in [1.29, 1.82) is 0 Å². The van der Waals surface area contributed by atoms with Gasteiger partial charge in [0.15, 0.2) is 0 Å². The molecule has 60 valence electrons. The van der Waals surface area contributed by atoms with Crippen molar-refractivity contribution in [1.82, 2.24) is 0 Å². The monoisotopic (exact) mass is 222 g/mol. The van der Waals surface area contributed by atoms with Crippen LogP contribution in [0.4, 0.5) is 0 Å². The third kappa shape index (κ3) is 1.68. The minimum absolute atomic E-state index is 0.204. The Kier molecular flexibility index (Phi) is 2.65. The summed E-state index contributed by atoms with van der Waals surface area (Å²) in [5.74, 6) is 1.10. The molecule has 6 heteroatoms. The second kappa shape index (κ2) is 3.55. The topological polar surface area (TPSA) is 24.7 Å². The zero-order valence-electron chi connectivity index (χ0n) is 5.81. The lowest BCUT2D eigenvalue weighted by Crippen LogP contribution is -1.84. The Labute approximate surface area is 79.4 Å². The number of aliphatic imine (C=N–C) groups is 2. The molecule has 1 unspecified atom stereocenters. The lowest BCUT2D eigenvalue weighted by atomic mass is 11.0. The zero-order valence-corrected chi connectivity index (χ0v) is 9.08. The standard InChI is InChI=1S/C5H6N2S4/c1-2-8-5-7-4-6-3-9-11(4)10-5/h3H,2H2,1H3. The van der Waals surface area contributed by atoms with Gasteiger partial charge in [-0.15, -0.1) is 0 Å². The Morgan fingerprint density at radius 2 is 2.64 bits per heavy atom. The van der Waals surface area contributed by atoms with Crippen molar-refractivity contribution in [2.24, 2.45) is 9.98 Å². The molecule has 0 aromatic rings. The summed E-state index contributed by atoms with van der Waals surface area (Å²) in [6, 6.07) is 0. The highest BCUT2D eigenvalue weighted by Gasteiger charge is 2.20. The van der Waals surface area contributed by atoms with Crippen LogP contribution in [0.2, 0.25) is 0 Å². The van der Waals surface area contributed by atoms with Gasteiger partial charge in [0.1, 0.15) is 4.38 Å². The first-order chi connectivity index (χ1) is 5.40. The van der Waals surface area contributed by atoms with Gasteiger partial charge in [-0.3, -0.25) is 0 Å². The minimum Gasteiger partial charge on any atom is -0.223 e. The largest absolute Gasteiger partial charge is 0.223 e. The summed E-state index contributed by atoms with van der Waals surface area (Å²) in [6.07, 6.45) is 0. The first-order valence-electron chi connectivity index (χ1n) is 3.11. The van der Waals surface area contributed by atoms with E-state index in [9.17, 15) is 0 Å². The average molecular weight is 222 g/mol. The van der Waals surface area contributed by atoms with Crippen LogP contribution in [0.5, 0.6) is 0 Å². The smallest absolute Gasteiger partial charge is 0.200 e. The zero-order chi connectivity index (χ0) is 7.68. The van der Waals surface area contributed by atoms with Crippen LogP contribution >= 0.6 is 41.9 Å². The van der Waals surface area contributed by atoms with Crippen LogP contribution in [0.1, 0.15) is 6.92 Å². The molecular formula is C5H6N2S4. The van der Waals surface area contributed by atoms with Gasteiger partial charge in [0, 0.05) is 0 Å². The minimum atomic E-state index is 0.204. The summed E-state index contributed by atoms with van der Waals surface area (Å²) in [4.78, 5) is 8.57. The molecular weight excluding hydrogens is 216 g/mol. The molecule has 11 heavy (non-hydrogen) atoms. The maximum absolute atomic E-state index is 4.39. The summed E-state index contributed by atoms with van der Waals surface area (Å²) in [7, 11) is 3.83. The lowest BCUT2D eigenvalue weighted by Gasteiger charge is -1.95. The Morgan fingerprint density at radius 3 is 3.36 bits per heavy atom. The fraction of sp³-hybridized carbons (Fsp3) is 0.400. The van der Waals surface area contributed by atoms with Crippen LogP contribution in [0, 0.1) is 0 Å². The number of thioether (sulfide) groups is 1. The third-order valence-corrected chi connectivity index (χ3v) is 7.76. The summed E-state index contributed by atoms with van der Waals surface area (Å²) >= 11 is 1.81. The normalized spacial score (nSPS) is 27.5. The van der Waals surface area contributed by atoms with E-state index in [1.807, 2.05) is 28.1 Å². The Morgan fingerprint density at radius 1 is 1.73 bits per heavy atom. The van der Waals surface area contributed by atoms with Gasteiger partial charge < -0.3 is 0 Å². The van der Waals surface area contributed by atoms with Crippen LogP contribution < -0.4 is 0 Å². The molecule has 0 N–H and O–H groups in total. The quantitative estimate of drug-likeness (QED) is 0.504. The first-order valence-corrected chi connectivity index (χ1v) is 8.05. The third-order valence-electron chi connectivity index (χ3n) is 1.04. The average Bonchev–Trinajstić information content (AvgIpc) is 2.46. The van der Waals surface area contributed by atoms with E-state index in [0.29, 0.717) is 0 Å². The highest BCUT2D eigenvalue weighted by Crippen LogP contribution is 2.52. The molecule has 1 atom stereocenters. The molecule has 0 radical (unpaired) electrons. The van der Waals surface area contributed by atoms with Crippen LogP contribution in [-0.2, 0) is 0 Å². The van der Waals surface area contributed by atoms with Crippen molar-refractivity contribution in [3.05, 3.63) is 0 Å². The molecule has 0 fully saturated rings. The Hall–Kier alpha value is 0.610. The van der Waals surface area contributed by atoms with E-state index < -0.39 is 0 Å². The van der Waals surface area contributed by atoms with Crippen LogP contribution in [0.15, 0.2) is 9.98 Å². The Bertz CT molecular complexity index is 268. The summed E-state index contributed by atoms with van der Waals surface area (Å²) in [6.45, 7) is 2.14. The van der Waals surface area contributed by atoms with Crippen molar-refractivity contribution >= 4 is 56.9 Å². The highest BCUT2D eigenvalue weighted by atomic mass is 33.5. The second-order valence-electron chi connectivity index (χ2n) is 1.74. The molecule has 0 aromatic heterocycles. The molecule has 2 aliphatic heterocycles. The lowest BCUT2D eigenvalue weighted by molar-refractivity contribution is 1.54. The summed E-state index contributed by atoms with van der Waals surface area (Å²) in [5.41, 5.74) is 1.89. The maximum Gasteiger partial charge on any atom is 0.200 e. The van der Waals surface area contributed by atoms with Crippen molar-refractivity contribution in [3.63, 3.8) is 0 Å². The molecule has 0 aliphatic carbocycles. The van der Waals surface area contributed by atoms with E-state index in [1.165, 1.54) is 4.38 Å². The number of nitrogens with zero attached hydrogens (tertiary/aromatic N) is 2. The molecule has 0 spiro atoms. The second-order valence-corrected chi connectivity index (χ2v) is 8.75. The van der Waals surface area contributed by atoms with Crippen LogP contribution in [0.3, 0.4) is 0 Å². The number of rotatable bonds is 1. The highest BCUT2D eigenvalue weighted by molar-refractivity contribution is 9.21. The molecule has 2 rings (SSSR count). The van der Waals surface area contributed by atoms with Gasteiger partial charge in [0.2, 0.25) is 5.11 Å². The molecule has 0 bridgehead atoms. The SMILES string of the molecule is CCSC1=NC2=S(SC=N2)S1. The maximum atomic E-state index is 4.39. The van der Waals surface area contributed by atoms with Crippen molar-refractivity contribution < 1.29 is 0 Å². The van der Waals surface area contributed by atoms with Gasteiger partial charge in [-0.25, -0.2) is 9.98 Å². The van der Waals surface area contributed by atoms with E-state index in [-0.39, 0.29) is 8.55 Å². The molecule has 0 aromatic carbocycles. The van der Waals surface area contributed by atoms with Crippen LogP contribution in [-0.4, -0.2) is 20.8 Å². The molecule has 0 amide bonds. The van der Waals surface area contributed by atoms with E-state index in [4.69, 9.17) is 0 Å². The van der Waals surface area contributed by atoms with Crippen molar-refractivity contribution in [2.75, 3.05) is 5.75 Å². The van der Waals surface area contributed by atoms with Gasteiger partial charge >= 0.3 is 0 Å². The summed E-state index contributed by atoms with van der Waals surface area (Å²) < 4.78 is 1.19. The van der Waals surface area contributed by atoms with Gasteiger partial charge in [-0.1, -0.05) is 18.7 Å². The predicted octanol–water partition coefficient (Wildman–Crippen LogP) is 2.80. The Balaban J connectivity index is 2.08. The number of hydrogen-bond acceptors (Lipinski definition) is 5. The predicted molar refractivity (Wildman–Crippen MR) is 61.8 cm³/mol. The summed E-state index contributed by atoms with van der Waals surface area (Å²) in [5, 5.41) is 1.02. The van der Waals surface area contributed by atoms with E-state index in [0.717, 1.165) is 10.9 Å². The van der Waals surface area contributed by atoms with Gasteiger partial charge in [0.05, 0.1) is 5.55 Å². The molecule has 2 heterocycles. The van der Waals surface area contributed by atoms with Gasteiger partial charge in [-0.05, 0) is 35.9 Å². The van der Waals surface area contributed by atoms with Gasteiger partial charge in [-0.2, -0.15) is 0 Å². The van der Waals surface area contributed by atoms with E-state index >= 15 is 0 Å². The van der Waals surface area contributed by atoms with Crippen molar-refractivity contribution in [2.45, 2.75) is 6.92 Å². The fourth-order valence-electron chi connectivity index (χ4n) is 0.656. The molecule has 2 aliphatic rings. The van der Waals surface area contributed by atoms with Gasteiger partial charge in [0.25, 0.3) is 0 Å². The van der Waals surface area contributed by atoms with E-state index in [2.05, 4.69) is 16.9 Å².